The molecule has 0 aliphatic heterocycles. The minimum absolute atomic E-state index is 0.521. The Morgan fingerprint density at radius 3 is 2.78 bits per heavy atom. The average molecular weight is 313 g/mol. The van der Waals surface area contributed by atoms with Crippen molar-refractivity contribution >= 4 is 15.9 Å². The lowest BCUT2D eigenvalue weighted by Crippen LogP contribution is -2.17. The average Bonchev–Trinajstić information content (AvgIpc) is 3.05. The van der Waals surface area contributed by atoms with Crippen LogP contribution in [-0.4, -0.2) is 15.1 Å². The molecule has 0 amide bonds. The van der Waals surface area contributed by atoms with Crippen molar-refractivity contribution in [2.24, 2.45) is 11.8 Å². The summed E-state index contributed by atoms with van der Waals surface area (Å²) in [7, 11) is 0. The van der Waals surface area contributed by atoms with Crippen LogP contribution in [0.25, 0.3) is 0 Å². The molecule has 1 aromatic heterocycles. The third-order valence-corrected chi connectivity index (χ3v) is 5.27. The fraction of sp³-hybridized carbons (Fsp3) is 0.800. The van der Waals surface area contributed by atoms with Gasteiger partial charge in [-0.15, -0.1) is 0 Å². The van der Waals surface area contributed by atoms with Gasteiger partial charge in [-0.1, -0.05) is 48.5 Å². The Balaban J connectivity index is 1.96. The molecule has 1 saturated carbocycles. The van der Waals surface area contributed by atoms with Gasteiger partial charge in [-0.3, -0.25) is 4.68 Å². The molecule has 2 unspecified atom stereocenters. The van der Waals surface area contributed by atoms with Crippen molar-refractivity contribution in [3.63, 3.8) is 0 Å². The number of nitrogens with zero attached hydrogens (tertiary/aromatic N) is 2. The van der Waals surface area contributed by atoms with E-state index in [0.29, 0.717) is 6.04 Å². The number of aromatic nitrogens is 2. The Labute approximate surface area is 119 Å². The predicted octanol–water partition coefficient (Wildman–Crippen LogP) is 4.60. The van der Waals surface area contributed by atoms with Gasteiger partial charge in [0.25, 0.3) is 0 Å². The smallest absolute Gasteiger partial charge is 0.0627 e. The number of rotatable bonds is 6. The first-order valence-electron chi connectivity index (χ1n) is 7.34. The van der Waals surface area contributed by atoms with Crippen LogP contribution < -0.4 is 0 Å². The Kier molecular flexibility index (Phi) is 5.28. The molecule has 0 aromatic carbocycles. The Bertz CT molecular complexity index is 355. The molecule has 0 bridgehead atoms. The lowest BCUT2D eigenvalue weighted by atomic mass is 9.89. The number of halogens is 1. The van der Waals surface area contributed by atoms with Crippen LogP contribution in [0.3, 0.4) is 0 Å². The first-order chi connectivity index (χ1) is 8.74. The van der Waals surface area contributed by atoms with Crippen molar-refractivity contribution < 1.29 is 0 Å². The Hall–Kier alpha value is -0.310. The molecule has 0 spiro atoms. The fourth-order valence-corrected chi connectivity index (χ4v) is 3.72. The van der Waals surface area contributed by atoms with Crippen LogP contribution in [0.15, 0.2) is 12.3 Å². The molecule has 18 heavy (non-hydrogen) atoms. The van der Waals surface area contributed by atoms with Crippen molar-refractivity contribution in [3.8, 4) is 0 Å². The maximum atomic E-state index is 4.74. The van der Waals surface area contributed by atoms with Gasteiger partial charge in [0, 0.05) is 17.6 Å². The first-order valence-corrected chi connectivity index (χ1v) is 8.46. The predicted molar refractivity (Wildman–Crippen MR) is 80.2 cm³/mol. The van der Waals surface area contributed by atoms with Crippen LogP contribution in [0, 0.1) is 11.8 Å². The quantitative estimate of drug-likeness (QED) is 0.702. The van der Waals surface area contributed by atoms with E-state index >= 15 is 0 Å². The van der Waals surface area contributed by atoms with Crippen LogP contribution in [0.2, 0.25) is 0 Å². The molecule has 2 atom stereocenters. The molecule has 0 saturated heterocycles. The summed E-state index contributed by atoms with van der Waals surface area (Å²) in [6, 6.07) is 2.73. The zero-order valence-electron chi connectivity index (χ0n) is 11.6. The van der Waals surface area contributed by atoms with Crippen molar-refractivity contribution in [1.29, 1.82) is 0 Å². The van der Waals surface area contributed by atoms with E-state index in [-0.39, 0.29) is 0 Å². The summed E-state index contributed by atoms with van der Waals surface area (Å²) in [6.45, 7) is 4.45. The highest BCUT2D eigenvalue weighted by atomic mass is 79.9. The van der Waals surface area contributed by atoms with Gasteiger partial charge in [-0.2, -0.15) is 5.10 Å². The van der Waals surface area contributed by atoms with Crippen LogP contribution in [0.1, 0.15) is 57.7 Å². The van der Waals surface area contributed by atoms with Gasteiger partial charge >= 0.3 is 0 Å². The van der Waals surface area contributed by atoms with E-state index in [0.717, 1.165) is 30.0 Å². The van der Waals surface area contributed by atoms with E-state index in [1.807, 2.05) is 0 Å². The van der Waals surface area contributed by atoms with Gasteiger partial charge in [0.2, 0.25) is 0 Å². The van der Waals surface area contributed by atoms with E-state index in [4.69, 9.17) is 5.10 Å². The molecule has 1 heterocycles. The zero-order valence-corrected chi connectivity index (χ0v) is 13.2. The summed E-state index contributed by atoms with van der Waals surface area (Å²) in [4.78, 5) is 0. The Morgan fingerprint density at radius 2 is 2.17 bits per heavy atom. The van der Waals surface area contributed by atoms with Crippen LogP contribution >= 0.6 is 15.9 Å². The van der Waals surface area contributed by atoms with Crippen molar-refractivity contribution in [3.05, 3.63) is 18.0 Å². The molecular weight excluding hydrogens is 288 g/mol. The van der Waals surface area contributed by atoms with E-state index < -0.39 is 0 Å². The topological polar surface area (TPSA) is 17.8 Å². The van der Waals surface area contributed by atoms with E-state index in [1.165, 1.54) is 31.4 Å². The SMILES string of the molecule is CCC(C)n1ccc(CC(CBr)C2CCCC2)n1. The lowest BCUT2D eigenvalue weighted by molar-refractivity contribution is 0.367. The van der Waals surface area contributed by atoms with Gasteiger partial charge in [0.1, 0.15) is 0 Å². The van der Waals surface area contributed by atoms with Crippen molar-refractivity contribution in [1.82, 2.24) is 9.78 Å². The Morgan fingerprint density at radius 1 is 1.44 bits per heavy atom. The fourth-order valence-electron chi connectivity index (χ4n) is 2.96. The second kappa shape index (κ2) is 6.74. The minimum atomic E-state index is 0.521. The molecule has 1 aliphatic carbocycles. The highest BCUT2D eigenvalue weighted by molar-refractivity contribution is 9.09. The van der Waals surface area contributed by atoms with Crippen LogP contribution in [-0.2, 0) is 6.42 Å². The third kappa shape index (κ3) is 3.37. The van der Waals surface area contributed by atoms with Crippen molar-refractivity contribution in [2.75, 3.05) is 5.33 Å². The van der Waals surface area contributed by atoms with Gasteiger partial charge in [-0.25, -0.2) is 0 Å². The number of alkyl halides is 1. The standard InChI is InChI=1S/C15H25BrN2/c1-3-12(2)18-9-8-15(17-18)10-14(11-16)13-6-4-5-7-13/h8-9,12-14H,3-7,10-11H2,1-2H3. The normalized spacial score (nSPS) is 20.2. The zero-order chi connectivity index (χ0) is 13.0. The van der Waals surface area contributed by atoms with Gasteiger partial charge in [0.05, 0.1) is 5.69 Å². The molecule has 2 nitrogen and oxygen atoms in total. The van der Waals surface area contributed by atoms with Crippen LogP contribution in [0.5, 0.6) is 0 Å². The first kappa shape index (κ1) is 14.1. The summed E-state index contributed by atoms with van der Waals surface area (Å²) in [5.74, 6) is 1.69. The second-order valence-electron chi connectivity index (χ2n) is 5.71. The molecule has 3 heteroatoms. The highest BCUT2D eigenvalue weighted by Crippen LogP contribution is 2.34. The molecule has 1 fully saturated rings. The van der Waals surface area contributed by atoms with E-state index in [2.05, 4.69) is 46.7 Å². The molecule has 1 aliphatic rings. The number of hydrogen-bond acceptors (Lipinski definition) is 1. The third-order valence-electron chi connectivity index (χ3n) is 4.44. The maximum absolute atomic E-state index is 4.74. The maximum Gasteiger partial charge on any atom is 0.0627 e. The summed E-state index contributed by atoms with van der Waals surface area (Å²) in [5.41, 5.74) is 1.27. The minimum Gasteiger partial charge on any atom is -0.270 e. The molecular formula is C15H25BrN2. The van der Waals surface area contributed by atoms with Gasteiger partial charge in [0.15, 0.2) is 0 Å². The van der Waals surface area contributed by atoms with Gasteiger partial charge < -0.3 is 0 Å². The lowest BCUT2D eigenvalue weighted by Gasteiger charge is -2.20. The molecule has 102 valence electrons. The van der Waals surface area contributed by atoms with E-state index in [1.54, 1.807) is 0 Å². The van der Waals surface area contributed by atoms with Crippen molar-refractivity contribution in [2.45, 2.75) is 58.4 Å². The molecule has 0 radical (unpaired) electrons. The van der Waals surface area contributed by atoms with E-state index in [9.17, 15) is 0 Å². The number of hydrogen-bond donors (Lipinski definition) is 0. The second-order valence-corrected chi connectivity index (χ2v) is 6.35. The molecule has 2 rings (SSSR count). The molecule has 0 N–H and O–H groups in total. The monoisotopic (exact) mass is 312 g/mol. The summed E-state index contributed by atoms with van der Waals surface area (Å²) in [6.07, 6.45) is 10.1. The summed E-state index contributed by atoms with van der Waals surface area (Å²) < 4.78 is 2.12. The summed E-state index contributed by atoms with van der Waals surface area (Å²) >= 11 is 3.70. The highest BCUT2D eigenvalue weighted by Gasteiger charge is 2.25. The summed E-state index contributed by atoms with van der Waals surface area (Å²) in [5, 5.41) is 5.85. The molecule has 1 aromatic rings. The van der Waals surface area contributed by atoms with Crippen LogP contribution in [0.4, 0.5) is 0 Å². The van der Waals surface area contributed by atoms with Gasteiger partial charge in [-0.05, 0) is 37.7 Å². The largest absolute Gasteiger partial charge is 0.270 e.